The van der Waals surface area contributed by atoms with E-state index in [0.29, 0.717) is 19.3 Å². The fraction of sp³-hybridized carbons (Fsp3) is 0.767. The molecule has 0 heterocycles. The Morgan fingerprint density at radius 1 is 0.266 bits per heavy atom. The first-order valence-corrected chi connectivity index (χ1v) is 34.1. The molecule has 0 saturated heterocycles. The largest absolute Gasteiger partial charge is 0.462 e. The van der Waals surface area contributed by atoms with E-state index in [1.165, 1.54) is 199 Å². The van der Waals surface area contributed by atoms with Crippen LogP contribution in [0, 0.1) is 0 Å². The van der Waals surface area contributed by atoms with Crippen molar-refractivity contribution in [3.05, 3.63) is 85.1 Å². The zero-order valence-electron chi connectivity index (χ0n) is 52.4. The maximum Gasteiger partial charge on any atom is 0.306 e. The first kappa shape index (κ1) is 75.6. The zero-order chi connectivity index (χ0) is 57.1. The lowest BCUT2D eigenvalue weighted by molar-refractivity contribution is -0.167. The van der Waals surface area contributed by atoms with E-state index >= 15 is 0 Å². The fourth-order valence-electron chi connectivity index (χ4n) is 9.84. The van der Waals surface area contributed by atoms with Crippen molar-refractivity contribution in [3.63, 3.8) is 0 Å². The number of unbranched alkanes of at least 4 members (excludes halogenated alkanes) is 37. The van der Waals surface area contributed by atoms with Crippen molar-refractivity contribution in [3.8, 4) is 0 Å². The second kappa shape index (κ2) is 67.1. The van der Waals surface area contributed by atoms with Crippen LogP contribution in [0.3, 0.4) is 0 Å². The molecular formula is C73H128O6. The Morgan fingerprint density at radius 3 is 0.772 bits per heavy atom. The van der Waals surface area contributed by atoms with Gasteiger partial charge in [-0.25, -0.2) is 0 Å². The number of rotatable bonds is 62. The smallest absolute Gasteiger partial charge is 0.306 e. The van der Waals surface area contributed by atoms with Crippen molar-refractivity contribution in [2.24, 2.45) is 0 Å². The summed E-state index contributed by atoms with van der Waals surface area (Å²) in [5.41, 5.74) is 0. The van der Waals surface area contributed by atoms with Crippen LogP contribution in [-0.4, -0.2) is 37.2 Å². The van der Waals surface area contributed by atoms with Crippen molar-refractivity contribution in [1.82, 2.24) is 0 Å². The molecule has 0 amide bonds. The van der Waals surface area contributed by atoms with Gasteiger partial charge in [-0.1, -0.05) is 331 Å². The molecule has 0 aliphatic carbocycles. The van der Waals surface area contributed by atoms with E-state index in [9.17, 15) is 14.4 Å². The second-order valence-electron chi connectivity index (χ2n) is 22.7. The lowest BCUT2D eigenvalue weighted by Crippen LogP contribution is -2.30. The van der Waals surface area contributed by atoms with Crippen molar-refractivity contribution >= 4 is 17.9 Å². The summed E-state index contributed by atoms with van der Waals surface area (Å²) in [6.45, 7) is 6.56. The highest BCUT2D eigenvalue weighted by atomic mass is 16.6. The number of hydrogen-bond acceptors (Lipinski definition) is 6. The average Bonchev–Trinajstić information content (AvgIpc) is 3.45. The Bertz CT molecular complexity index is 1500. The molecule has 0 spiro atoms. The van der Waals surface area contributed by atoms with Gasteiger partial charge in [0.2, 0.25) is 0 Å². The highest BCUT2D eigenvalue weighted by Crippen LogP contribution is 2.17. The normalized spacial score (nSPS) is 12.6. The predicted molar refractivity (Wildman–Crippen MR) is 344 cm³/mol. The molecule has 0 aliphatic rings. The number of hydrogen-bond donors (Lipinski definition) is 0. The molecule has 0 saturated carbocycles. The van der Waals surface area contributed by atoms with Crippen molar-refractivity contribution < 1.29 is 28.6 Å². The minimum atomic E-state index is -0.771. The number of esters is 3. The van der Waals surface area contributed by atoms with Gasteiger partial charge in [0.05, 0.1) is 0 Å². The van der Waals surface area contributed by atoms with E-state index in [1.54, 1.807) is 0 Å². The lowest BCUT2D eigenvalue weighted by Gasteiger charge is -2.18. The molecule has 0 fully saturated rings. The molecule has 1 unspecified atom stereocenters. The minimum absolute atomic E-state index is 0.0696. The summed E-state index contributed by atoms with van der Waals surface area (Å²) >= 11 is 0. The molecule has 0 aromatic carbocycles. The third-order valence-electron chi connectivity index (χ3n) is 14.9. The summed E-state index contributed by atoms with van der Waals surface area (Å²) in [5, 5.41) is 0. The quantitative estimate of drug-likeness (QED) is 0.0261. The standard InChI is InChI=1S/C73H128O6/c1-4-7-10-13-16-19-22-24-26-27-28-29-30-31-32-33-34-35-36-37-38-39-40-41-42-43-44-45-47-48-51-54-57-60-63-66-72(75)78-69-70(68-77-71(74)65-62-59-56-53-50-21-18-15-12-9-6-3)79-73(76)67-64-61-58-55-52-49-46-25-23-20-17-14-11-8-5-2/h7,10,16,19,24,26,28-29,31-32,34-35,37-38,70H,4-6,8-9,11-15,17-18,20-23,25,27,30,33,36,39-69H2,1-3H3/b10-7-,19-16-,26-24-,29-28-,32-31-,35-34-,38-37-. The van der Waals surface area contributed by atoms with E-state index < -0.39 is 6.10 Å². The molecule has 6 nitrogen and oxygen atoms in total. The first-order valence-electron chi connectivity index (χ1n) is 34.1. The van der Waals surface area contributed by atoms with Gasteiger partial charge in [0.1, 0.15) is 13.2 Å². The SMILES string of the molecule is CC/C=C\C/C=C\C/C=C\C/C=C\C/C=C\C/C=C\C/C=C\CCCCCCCCCCCCCCCC(=O)OCC(COC(=O)CCCCCCCCCCCCC)OC(=O)CCCCCCCCCCCCCCCCC. The Hall–Kier alpha value is -3.41. The van der Waals surface area contributed by atoms with Gasteiger partial charge in [0, 0.05) is 19.3 Å². The maximum absolute atomic E-state index is 12.9. The van der Waals surface area contributed by atoms with Gasteiger partial charge in [0.15, 0.2) is 6.10 Å². The van der Waals surface area contributed by atoms with Crippen LogP contribution in [0.25, 0.3) is 0 Å². The van der Waals surface area contributed by atoms with E-state index in [0.717, 1.165) is 103 Å². The van der Waals surface area contributed by atoms with Gasteiger partial charge in [-0.2, -0.15) is 0 Å². The van der Waals surface area contributed by atoms with Crippen LogP contribution in [0.15, 0.2) is 85.1 Å². The molecule has 79 heavy (non-hydrogen) atoms. The van der Waals surface area contributed by atoms with Gasteiger partial charge in [0.25, 0.3) is 0 Å². The van der Waals surface area contributed by atoms with Gasteiger partial charge >= 0.3 is 17.9 Å². The van der Waals surface area contributed by atoms with Crippen LogP contribution >= 0.6 is 0 Å². The molecule has 6 heteroatoms. The minimum Gasteiger partial charge on any atom is -0.462 e. The van der Waals surface area contributed by atoms with Crippen LogP contribution in [0.2, 0.25) is 0 Å². The third-order valence-corrected chi connectivity index (χ3v) is 14.9. The Balaban J connectivity index is 4.11. The van der Waals surface area contributed by atoms with E-state index in [2.05, 4.69) is 106 Å². The fourth-order valence-corrected chi connectivity index (χ4v) is 9.84. The molecule has 0 N–H and O–H groups in total. The van der Waals surface area contributed by atoms with Gasteiger partial charge < -0.3 is 14.2 Å². The van der Waals surface area contributed by atoms with E-state index in [1.807, 2.05) is 0 Å². The lowest BCUT2D eigenvalue weighted by atomic mass is 10.0. The molecule has 1 atom stereocenters. The van der Waals surface area contributed by atoms with E-state index in [4.69, 9.17) is 14.2 Å². The van der Waals surface area contributed by atoms with Crippen LogP contribution in [0.4, 0.5) is 0 Å². The van der Waals surface area contributed by atoms with E-state index in [-0.39, 0.29) is 31.1 Å². The summed E-state index contributed by atoms with van der Waals surface area (Å²) in [7, 11) is 0. The molecule has 0 aromatic heterocycles. The Kier molecular flexibility index (Phi) is 64.2. The summed E-state index contributed by atoms with van der Waals surface area (Å²) in [4.78, 5) is 38.3. The van der Waals surface area contributed by atoms with Gasteiger partial charge in [-0.15, -0.1) is 0 Å². The number of carbonyl (C=O) groups excluding carboxylic acids is 3. The molecule has 0 aromatic rings. The predicted octanol–water partition coefficient (Wildman–Crippen LogP) is 23.4. The Labute approximate surface area is 490 Å². The van der Waals surface area contributed by atoms with Crippen LogP contribution in [0.1, 0.15) is 342 Å². The number of carbonyl (C=O) groups is 3. The van der Waals surface area contributed by atoms with Crippen molar-refractivity contribution in [2.45, 2.75) is 348 Å². The highest BCUT2D eigenvalue weighted by molar-refractivity contribution is 5.71. The van der Waals surface area contributed by atoms with Gasteiger partial charge in [-0.3, -0.25) is 14.4 Å². The third kappa shape index (κ3) is 65.3. The highest BCUT2D eigenvalue weighted by Gasteiger charge is 2.19. The molecule has 0 bridgehead atoms. The average molecular weight is 1100 g/mol. The summed E-state index contributed by atoms with van der Waals surface area (Å²) in [5.74, 6) is -0.853. The molecule has 0 aliphatic heterocycles. The summed E-state index contributed by atoms with van der Waals surface area (Å²) in [6.07, 6.45) is 89.0. The van der Waals surface area contributed by atoms with Crippen LogP contribution in [0.5, 0.6) is 0 Å². The topological polar surface area (TPSA) is 78.9 Å². The molecule has 456 valence electrons. The molecule has 0 rings (SSSR count). The molecule has 0 radical (unpaired) electrons. The zero-order valence-corrected chi connectivity index (χ0v) is 52.4. The second-order valence-corrected chi connectivity index (χ2v) is 22.7. The summed E-state index contributed by atoms with van der Waals surface area (Å²) < 4.78 is 16.9. The maximum atomic E-state index is 12.9. The Morgan fingerprint density at radius 2 is 0.494 bits per heavy atom. The monoisotopic (exact) mass is 1100 g/mol. The van der Waals surface area contributed by atoms with Crippen LogP contribution in [-0.2, 0) is 28.6 Å². The first-order chi connectivity index (χ1) is 39.0. The van der Waals surface area contributed by atoms with Crippen LogP contribution < -0.4 is 0 Å². The van der Waals surface area contributed by atoms with Crippen molar-refractivity contribution in [2.75, 3.05) is 13.2 Å². The van der Waals surface area contributed by atoms with Gasteiger partial charge in [-0.05, 0) is 77.0 Å². The van der Waals surface area contributed by atoms with Crippen molar-refractivity contribution in [1.29, 1.82) is 0 Å². The molecular weight excluding hydrogens is 973 g/mol. The summed E-state index contributed by atoms with van der Waals surface area (Å²) in [6, 6.07) is 0. The number of allylic oxidation sites excluding steroid dienone is 14. The number of ether oxygens (including phenoxy) is 3.